The number of aromatic nitrogens is 1. The highest BCUT2D eigenvalue weighted by molar-refractivity contribution is 8.00. The number of hydrogen-bond donors (Lipinski definition) is 5. The van der Waals surface area contributed by atoms with Gasteiger partial charge in [-0.1, -0.05) is 11.2 Å². The summed E-state index contributed by atoms with van der Waals surface area (Å²) in [7, 11) is 3.38. The van der Waals surface area contributed by atoms with Gasteiger partial charge in [0.2, 0.25) is 0 Å². The van der Waals surface area contributed by atoms with Gasteiger partial charge in [-0.2, -0.15) is 0 Å². The van der Waals surface area contributed by atoms with E-state index in [0.717, 1.165) is 16.2 Å². The van der Waals surface area contributed by atoms with E-state index in [9.17, 15) is 33.8 Å². The Labute approximate surface area is 224 Å². The van der Waals surface area contributed by atoms with Gasteiger partial charge in [-0.05, 0) is 11.6 Å². The number of carboxylic acids is 1. The second-order valence-electron chi connectivity index (χ2n) is 8.75. The van der Waals surface area contributed by atoms with Crippen molar-refractivity contribution < 1.29 is 43.1 Å². The molecule has 38 heavy (non-hydrogen) atoms. The van der Waals surface area contributed by atoms with Crippen molar-refractivity contribution in [1.82, 2.24) is 15.2 Å². The normalized spacial score (nSPS) is 20.7. The van der Waals surface area contributed by atoms with Crippen LogP contribution in [-0.4, -0.2) is 111 Å². The molecule has 0 spiro atoms. The molecule has 3 rings (SSSR count). The SMILES string of the molecule is C[N+](C)(C/C=C/C1=C(C(=O)O)N2C(=O)[C@@H](NC(=O)/C(=N\OCF)c3csc(N)n3)[C@H]2SC1)[C@H](CO)C(N)=O. The Morgan fingerprint density at radius 1 is 1.45 bits per heavy atom. The predicted molar refractivity (Wildman–Crippen MR) is 136 cm³/mol. The first-order valence-corrected chi connectivity index (χ1v) is 12.9. The van der Waals surface area contributed by atoms with E-state index in [-0.39, 0.29) is 33.3 Å². The number of aliphatic hydroxyl groups excluding tert-OH is 1. The lowest BCUT2D eigenvalue weighted by atomic mass is 10.0. The van der Waals surface area contributed by atoms with E-state index in [1.54, 1.807) is 26.2 Å². The first-order chi connectivity index (χ1) is 17.9. The number of primary amides is 1. The molecule has 1 fully saturated rings. The summed E-state index contributed by atoms with van der Waals surface area (Å²) >= 11 is 2.25. The molecule has 1 saturated heterocycles. The number of nitrogens with two attached hydrogens (primary N) is 2. The Hall–Kier alpha value is -3.54. The van der Waals surface area contributed by atoms with Crippen molar-refractivity contribution in [2.24, 2.45) is 10.9 Å². The average molecular weight is 573 g/mol. The van der Waals surface area contributed by atoms with Crippen LogP contribution in [0.25, 0.3) is 0 Å². The smallest absolute Gasteiger partial charge is 0.352 e. The first kappa shape index (κ1) is 29.0. The first-order valence-electron chi connectivity index (χ1n) is 11.0. The Bertz CT molecular complexity index is 1220. The number of nitrogens with one attached hydrogen (secondary N) is 1. The van der Waals surface area contributed by atoms with Gasteiger partial charge in [-0.3, -0.25) is 19.3 Å². The number of aliphatic hydroxyl groups is 1. The molecule has 3 heterocycles. The number of likely N-dealkylation sites (N-methyl/N-ethyl adjacent to an activating group) is 1. The van der Waals surface area contributed by atoms with Gasteiger partial charge in [0.15, 0.2) is 16.9 Å². The topological polar surface area (TPSA) is 211 Å². The maximum Gasteiger partial charge on any atom is 0.352 e. The van der Waals surface area contributed by atoms with Crippen molar-refractivity contribution in [3.63, 3.8) is 0 Å². The zero-order valence-electron chi connectivity index (χ0n) is 20.4. The maximum absolute atomic E-state index is 12.9. The van der Waals surface area contributed by atoms with Crippen LogP contribution < -0.4 is 16.8 Å². The summed E-state index contributed by atoms with van der Waals surface area (Å²) in [5.41, 5.74) is 10.7. The summed E-state index contributed by atoms with van der Waals surface area (Å²) in [5, 5.41) is 26.1. The van der Waals surface area contributed by atoms with E-state index in [0.29, 0.717) is 5.57 Å². The summed E-state index contributed by atoms with van der Waals surface area (Å²) in [6.45, 7) is -1.50. The largest absolute Gasteiger partial charge is 0.477 e. The number of β-lactam (4-membered cyclic amide) rings is 1. The van der Waals surface area contributed by atoms with Gasteiger partial charge in [0.05, 0.1) is 20.6 Å². The van der Waals surface area contributed by atoms with Gasteiger partial charge in [-0.15, -0.1) is 23.1 Å². The van der Waals surface area contributed by atoms with E-state index in [2.05, 4.69) is 20.3 Å². The van der Waals surface area contributed by atoms with E-state index < -0.39 is 60.3 Å². The molecule has 0 aliphatic carbocycles. The summed E-state index contributed by atoms with van der Waals surface area (Å²) in [6, 6.07) is -1.93. The molecule has 0 unspecified atom stereocenters. The van der Waals surface area contributed by atoms with Crippen LogP contribution >= 0.6 is 23.1 Å². The molecule has 0 saturated carbocycles. The van der Waals surface area contributed by atoms with Gasteiger partial charge < -0.3 is 36.3 Å². The standard InChI is InChI=1S/C21H26FN7O7S2/c1-29(2,12(6-30)16(23)31)5-3-4-10-7-37-19-14(18(33)28(19)15(10)20(34)35)26-17(32)13(27-36-9-22)11-8-38-21(24)25-11/h3-4,8,12,14,19,30H,5-7,9H2,1-2H3,(H5-,23,24,25,26,31,32,34,35)/p+1/b4-3+,27-13-/t12-,14-,19-/m1/s1. The number of hydrogen-bond acceptors (Lipinski definition) is 11. The Kier molecular flexibility index (Phi) is 9.08. The third-order valence-corrected chi connectivity index (χ3v) is 7.89. The quantitative estimate of drug-likeness (QED) is 0.0855. The van der Waals surface area contributed by atoms with Crippen molar-refractivity contribution in [3.05, 3.63) is 34.5 Å². The number of quaternary nitrogens is 1. The van der Waals surface area contributed by atoms with Crippen LogP contribution in [0.3, 0.4) is 0 Å². The molecule has 0 bridgehead atoms. The van der Waals surface area contributed by atoms with E-state index in [1.165, 1.54) is 17.1 Å². The number of alkyl halides is 1. The van der Waals surface area contributed by atoms with Gasteiger partial charge in [0.1, 0.15) is 29.4 Å². The van der Waals surface area contributed by atoms with Crippen molar-refractivity contribution in [2.45, 2.75) is 17.5 Å². The Balaban J connectivity index is 1.77. The fraction of sp³-hybridized carbons (Fsp3) is 0.429. The lowest BCUT2D eigenvalue weighted by molar-refractivity contribution is -0.900. The van der Waals surface area contributed by atoms with Crippen LogP contribution in [0.2, 0.25) is 0 Å². The molecule has 3 amide bonds. The number of aliphatic carboxylic acids is 1. The number of carboxylic acid groups (broad SMARTS) is 1. The molecular formula is C21H27FN7O7S2+. The maximum atomic E-state index is 12.9. The molecule has 206 valence electrons. The number of thiazole rings is 1. The fourth-order valence-corrected chi connectivity index (χ4v) is 5.79. The zero-order valence-corrected chi connectivity index (χ0v) is 22.0. The summed E-state index contributed by atoms with van der Waals surface area (Å²) in [4.78, 5) is 58.8. The van der Waals surface area contributed by atoms with Gasteiger partial charge in [0, 0.05) is 11.1 Å². The van der Waals surface area contributed by atoms with Crippen LogP contribution in [0.1, 0.15) is 5.69 Å². The van der Waals surface area contributed by atoms with Crippen LogP contribution in [0.5, 0.6) is 0 Å². The number of amides is 3. The van der Waals surface area contributed by atoms with Crippen molar-refractivity contribution >= 4 is 57.6 Å². The second-order valence-corrected chi connectivity index (χ2v) is 10.7. The number of thioether (sulfide) groups is 1. The third kappa shape index (κ3) is 5.95. The predicted octanol–water partition coefficient (Wildman–Crippen LogP) is -1.41. The Morgan fingerprint density at radius 3 is 2.71 bits per heavy atom. The van der Waals surface area contributed by atoms with Crippen molar-refractivity contribution in [3.8, 4) is 0 Å². The van der Waals surface area contributed by atoms with E-state index in [1.807, 2.05) is 0 Å². The van der Waals surface area contributed by atoms with Gasteiger partial charge in [0.25, 0.3) is 24.6 Å². The zero-order chi connectivity index (χ0) is 28.2. The highest BCUT2D eigenvalue weighted by Gasteiger charge is 2.54. The number of nitrogen functional groups attached to an aromatic ring is 1. The fourth-order valence-electron chi connectivity index (χ4n) is 3.92. The number of rotatable bonds is 12. The van der Waals surface area contributed by atoms with Crippen LogP contribution in [-0.2, 0) is 24.0 Å². The highest BCUT2D eigenvalue weighted by Crippen LogP contribution is 2.40. The van der Waals surface area contributed by atoms with E-state index in [4.69, 9.17) is 11.5 Å². The minimum Gasteiger partial charge on any atom is -0.477 e. The molecule has 0 aromatic carbocycles. The number of nitrogens with zero attached hydrogens (tertiary/aromatic N) is 4. The van der Waals surface area contributed by atoms with Crippen LogP contribution in [0, 0.1) is 0 Å². The lowest BCUT2D eigenvalue weighted by Crippen LogP contribution is -2.71. The number of carbonyl (C=O) groups is 4. The van der Waals surface area contributed by atoms with Crippen LogP contribution in [0.15, 0.2) is 34.0 Å². The Morgan fingerprint density at radius 2 is 2.16 bits per heavy atom. The molecule has 1 aromatic heterocycles. The summed E-state index contributed by atoms with van der Waals surface area (Å²) < 4.78 is 12.5. The second kappa shape index (κ2) is 11.9. The lowest BCUT2D eigenvalue weighted by Gasteiger charge is -2.49. The molecule has 17 heteroatoms. The molecule has 7 N–H and O–H groups in total. The summed E-state index contributed by atoms with van der Waals surface area (Å²) in [5.74, 6) is -3.33. The highest BCUT2D eigenvalue weighted by atomic mass is 32.2. The summed E-state index contributed by atoms with van der Waals surface area (Å²) in [6.07, 6.45) is 3.19. The number of allylic oxidation sites excluding steroid dienone is 1. The molecule has 3 atom stereocenters. The van der Waals surface area contributed by atoms with Crippen molar-refractivity contribution in [2.75, 3.05) is 45.6 Å². The molecule has 0 radical (unpaired) electrons. The molecule has 2 aliphatic heterocycles. The minimum absolute atomic E-state index is 0.0259. The number of fused-ring (bicyclic) bond motifs is 1. The number of carbonyl (C=O) groups excluding carboxylic acids is 3. The number of halogens is 1. The van der Waals surface area contributed by atoms with Gasteiger partial charge >= 0.3 is 5.97 Å². The van der Waals surface area contributed by atoms with Crippen molar-refractivity contribution in [1.29, 1.82) is 0 Å². The average Bonchev–Trinajstić information content (AvgIpc) is 3.27. The number of oxime groups is 1. The van der Waals surface area contributed by atoms with Gasteiger partial charge in [-0.25, -0.2) is 14.2 Å². The molecular weight excluding hydrogens is 545 g/mol. The molecule has 1 aromatic rings. The third-order valence-electron chi connectivity index (χ3n) is 5.91. The molecule has 2 aliphatic rings. The minimum atomic E-state index is -1.33. The number of anilines is 1. The molecule has 14 nitrogen and oxygen atoms in total. The monoisotopic (exact) mass is 572 g/mol. The van der Waals surface area contributed by atoms with Crippen LogP contribution in [0.4, 0.5) is 9.52 Å². The van der Waals surface area contributed by atoms with E-state index >= 15 is 0 Å².